The van der Waals surface area contributed by atoms with Crippen molar-refractivity contribution in [3.05, 3.63) is 80.2 Å². The number of halogens is 2. The van der Waals surface area contributed by atoms with Gasteiger partial charge in [-0.25, -0.2) is 0 Å². The highest BCUT2D eigenvalue weighted by molar-refractivity contribution is 6.52. The molecule has 4 rings (SSSR count). The van der Waals surface area contributed by atoms with Crippen LogP contribution in [0.2, 0.25) is 10.0 Å². The van der Waals surface area contributed by atoms with Crippen LogP contribution in [0.15, 0.2) is 46.4 Å². The second-order valence-electron chi connectivity index (χ2n) is 8.19. The number of anilines is 1. The van der Waals surface area contributed by atoms with Crippen molar-refractivity contribution < 1.29 is 28.6 Å². The molecule has 0 radical (unpaired) electrons. The Morgan fingerprint density at radius 1 is 1.00 bits per heavy atom. The molecule has 3 aromatic rings. The van der Waals surface area contributed by atoms with Gasteiger partial charge in [0, 0.05) is 5.69 Å². The summed E-state index contributed by atoms with van der Waals surface area (Å²) >= 11 is 12.7. The Labute approximate surface area is 212 Å². The zero-order valence-corrected chi connectivity index (χ0v) is 21.2. The summed E-state index contributed by atoms with van der Waals surface area (Å²) in [7, 11) is 2.74. The van der Waals surface area contributed by atoms with Crippen molar-refractivity contribution in [1.82, 2.24) is 0 Å². The second-order valence-corrected chi connectivity index (χ2v) is 8.98. The molecule has 2 heterocycles. The van der Waals surface area contributed by atoms with Gasteiger partial charge in [0.2, 0.25) is 0 Å². The fourth-order valence-electron chi connectivity index (χ4n) is 4.22. The van der Waals surface area contributed by atoms with Crippen LogP contribution in [-0.2, 0) is 9.59 Å². The lowest BCUT2D eigenvalue weighted by atomic mass is 9.98. The Kier molecular flexibility index (Phi) is 6.58. The van der Waals surface area contributed by atoms with E-state index in [0.717, 1.165) is 11.1 Å². The van der Waals surface area contributed by atoms with Crippen LogP contribution in [0.4, 0.5) is 5.69 Å². The first-order valence-electron chi connectivity index (χ1n) is 10.7. The summed E-state index contributed by atoms with van der Waals surface area (Å²) in [6.45, 7) is 5.47. The van der Waals surface area contributed by atoms with E-state index < -0.39 is 23.5 Å². The Hall–Kier alpha value is -3.42. The lowest BCUT2D eigenvalue weighted by molar-refractivity contribution is -0.132. The minimum absolute atomic E-state index is 0.0122. The number of aliphatic hydroxyl groups excluding tert-OH is 1. The fourth-order valence-corrected chi connectivity index (χ4v) is 4.91. The van der Waals surface area contributed by atoms with Crippen molar-refractivity contribution in [2.75, 3.05) is 19.1 Å². The van der Waals surface area contributed by atoms with Crippen LogP contribution in [-0.4, -0.2) is 31.0 Å². The number of amides is 1. The number of ketones is 1. The molecule has 1 atom stereocenters. The predicted molar refractivity (Wildman–Crippen MR) is 134 cm³/mol. The van der Waals surface area contributed by atoms with E-state index in [1.165, 1.54) is 25.2 Å². The number of carbonyl (C=O) groups excluding carboxylic acids is 2. The predicted octanol–water partition coefficient (Wildman–Crippen LogP) is 6.16. The zero-order chi connectivity index (χ0) is 25.6. The minimum Gasteiger partial charge on any atom is -0.507 e. The van der Waals surface area contributed by atoms with Crippen LogP contribution >= 0.6 is 23.2 Å². The Morgan fingerprint density at radius 3 is 2.29 bits per heavy atom. The van der Waals surface area contributed by atoms with Gasteiger partial charge in [0.25, 0.3) is 11.7 Å². The molecular weight excluding hydrogens is 493 g/mol. The number of ether oxygens (including phenoxy) is 2. The van der Waals surface area contributed by atoms with Gasteiger partial charge in [-0.15, -0.1) is 0 Å². The van der Waals surface area contributed by atoms with E-state index in [0.29, 0.717) is 17.2 Å². The average molecular weight is 516 g/mol. The summed E-state index contributed by atoms with van der Waals surface area (Å²) in [5, 5.41) is 11.6. The molecule has 182 valence electrons. The van der Waals surface area contributed by atoms with Gasteiger partial charge in [0.15, 0.2) is 11.5 Å². The van der Waals surface area contributed by atoms with E-state index >= 15 is 0 Å². The summed E-state index contributed by atoms with van der Waals surface area (Å²) in [6, 6.07) is 9.31. The normalized spacial score (nSPS) is 17.2. The molecule has 0 spiro atoms. The number of furan rings is 1. The monoisotopic (exact) mass is 515 g/mol. The molecule has 1 saturated heterocycles. The third-order valence-corrected chi connectivity index (χ3v) is 6.52. The summed E-state index contributed by atoms with van der Waals surface area (Å²) < 4.78 is 16.5. The zero-order valence-electron chi connectivity index (χ0n) is 19.7. The SMILES string of the molecule is COc1c(Cl)cc(/C(O)=C2\C(=O)C(=O)N(c3cc(C)ccc3C)C2c2ccc(C)o2)c(OC)c1Cl. The summed E-state index contributed by atoms with van der Waals surface area (Å²) in [5.74, 6) is -1.10. The fraction of sp³-hybridized carbons (Fsp3) is 0.231. The van der Waals surface area contributed by atoms with Gasteiger partial charge in [-0.1, -0.05) is 35.3 Å². The molecule has 0 aliphatic carbocycles. The molecule has 1 aliphatic rings. The number of hydrogen-bond acceptors (Lipinski definition) is 6. The van der Waals surface area contributed by atoms with Crippen LogP contribution < -0.4 is 14.4 Å². The van der Waals surface area contributed by atoms with E-state index in [1.54, 1.807) is 19.1 Å². The average Bonchev–Trinajstić information content (AvgIpc) is 3.35. The standard InChI is InChI=1S/C26H23Cl2NO6/c1-12-6-7-13(2)17(10-12)29-21(18-9-8-14(3)35-18)19(23(31)26(29)32)22(30)15-11-16(27)25(34-5)20(28)24(15)33-4/h6-11,21,30H,1-5H3/b22-19+. The minimum atomic E-state index is -1.03. The van der Waals surface area contributed by atoms with Gasteiger partial charge >= 0.3 is 0 Å². The van der Waals surface area contributed by atoms with Crippen molar-refractivity contribution in [1.29, 1.82) is 0 Å². The van der Waals surface area contributed by atoms with Gasteiger partial charge in [-0.3, -0.25) is 14.5 Å². The number of aryl methyl sites for hydroxylation is 3. The Bertz CT molecular complexity index is 1390. The van der Waals surface area contributed by atoms with Gasteiger partial charge in [-0.2, -0.15) is 0 Å². The van der Waals surface area contributed by atoms with Crippen LogP contribution in [0.25, 0.3) is 5.76 Å². The second kappa shape index (κ2) is 9.32. The first-order valence-corrected chi connectivity index (χ1v) is 11.4. The summed E-state index contributed by atoms with van der Waals surface area (Å²) in [4.78, 5) is 28.1. The first kappa shape index (κ1) is 24.7. The van der Waals surface area contributed by atoms with Gasteiger partial charge < -0.3 is 19.0 Å². The maximum Gasteiger partial charge on any atom is 0.300 e. The van der Waals surface area contributed by atoms with E-state index in [4.69, 9.17) is 37.1 Å². The van der Waals surface area contributed by atoms with Gasteiger partial charge in [-0.05, 0) is 56.2 Å². The molecule has 35 heavy (non-hydrogen) atoms. The number of Topliss-reactive ketones (excluding diaryl/α,β-unsaturated/α-hetero) is 1. The molecule has 1 N–H and O–H groups in total. The maximum absolute atomic E-state index is 13.4. The van der Waals surface area contributed by atoms with E-state index in [-0.39, 0.29) is 32.7 Å². The molecule has 1 aliphatic heterocycles. The van der Waals surface area contributed by atoms with Crippen molar-refractivity contribution in [2.24, 2.45) is 0 Å². The smallest absolute Gasteiger partial charge is 0.300 e. The number of rotatable bonds is 5. The number of carbonyl (C=O) groups is 2. The Morgan fingerprint density at radius 2 is 1.69 bits per heavy atom. The van der Waals surface area contributed by atoms with Crippen molar-refractivity contribution in [3.63, 3.8) is 0 Å². The highest BCUT2D eigenvalue weighted by atomic mass is 35.5. The first-order chi connectivity index (χ1) is 16.6. The van der Waals surface area contributed by atoms with Crippen LogP contribution in [0.5, 0.6) is 11.5 Å². The highest BCUT2D eigenvalue weighted by Crippen LogP contribution is 2.48. The van der Waals surface area contributed by atoms with Gasteiger partial charge in [0.05, 0.1) is 30.4 Å². The molecule has 1 fully saturated rings. The highest BCUT2D eigenvalue weighted by Gasteiger charge is 2.49. The van der Waals surface area contributed by atoms with Crippen LogP contribution in [0.1, 0.15) is 34.3 Å². The molecule has 1 aromatic heterocycles. The third kappa shape index (κ3) is 4.05. The number of hydrogen-bond donors (Lipinski definition) is 1. The van der Waals surface area contributed by atoms with E-state index in [9.17, 15) is 14.7 Å². The number of methoxy groups -OCH3 is 2. The van der Waals surface area contributed by atoms with Crippen molar-refractivity contribution in [2.45, 2.75) is 26.8 Å². The molecular formula is C26H23Cl2NO6. The molecule has 1 unspecified atom stereocenters. The lowest BCUT2D eigenvalue weighted by Crippen LogP contribution is -2.30. The molecule has 1 amide bonds. The molecule has 9 heteroatoms. The van der Waals surface area contributed by atoms with Crippen molar-refractivity contribution >= 4 is 46.3 Å². The topological polar surface area (TPSA) is 89.2 Å². The largest absolute Gasteiger partial charge is 0.507 e. The quantitative estimate of drug-likeness (QED) is 0.248. The molecule has 0 bridgehead atoms. The Balaban J connectivity index is 2.03. The third-order valence-electron chi connectivity index (χ3n) is 5.89. The molecule has 2 aromatic carbocycles. The number of nitrogens with zero attached hydrogens (tertiary/aromatic N) is 1. The van der Waals surface area contributed by atoms with Crippen molar-refractivity contribution in [3.8, 4) is 11.5 Å². The van der Waals surface area contributed by atoms with Crippen LogP contribution in [0, 0.1) is 20.8 Å². The number of aliphatic hydroxyl groups is 1. The number of benzene rings is 2. The van der Waals surface area contributed by atoms with E-state index in [1.807, 2.05) is 32.0 Å². The van der Waals surface area contributed by atoms with Gasteiger partial charge in [0.1, 0.15) is 28.3 Å². The van der Waals surface area contributed by atoms with E-state index in [2.05, 4.69) is 0 Å². The van der Waals surface area contributed by atoms with Crippen LogP contribution in [0.3, 0.4) is 0 Å². The summed E-state index contributed by atoms with van der Waals surface area (Å²) in [6.07, 6.45) is 0. The molecule has 0 saturated carbocycles. The maximum atomic E-state index is 13.4. The molecule has 7 nitrogen and oxygen atoms in total. The lowest BCUT2D eigenvalue weighted by Gasteiger charge is -2.25. The summed E-state index contributed by atoms with van der Waals surface area (Å²) in [5.41, 5.74) is 2.07.